The van der Waals surface area contributed by atoms with Crippen molar-refractivity contribution in [2.45, 2.75) is 13.2 Å². The Labute approximate surface area is 306 Å². The number of amidine groups is 1. The van der Waals surface area contributed by atoms with Crippen LogP contribution in [0.2, 0.25) is 0 Å². The molecule has 0 saturated heterocycles. The number of nitrogens with zero attached hydrogens (tertiary/aromatic N) is 5. The van der Waals surface area contributed by atoms with Crippen LogP contribution in [0.4, 0.5) is 10.5 Å². The first-order chi connectivity index (χ1) is 26.0. The van der Waals surface area contributed by atoms with Crippen molar-refractivity contribution in [3.8, 4) is 46.5 Å². The second-order valence-corrected chi connectivity index (χ2v) is 12.0. The summed E-state index contributed by atoms with van der Waals surface area (Å²) < 4.78 is 24.1. The molecule has 6 aromatic rings. The van der Waals surface area contributed by atoms with E-state index < -0.39 is 6.09 Å². The zero-order valence-electron chi connectivity index (χ0n) is 28.8. The number of likely N-dealkylation sites (N-methyl/N-ethyl adjacent to an activating group) is 1. The van der Waals surface area contributed by atoms with Gasteiger partial charge >= 0.3 is 12.1 Å². The second kappa shape index (κ2) is 16.2. The topological polar surface area (TPSA) is 131 Å². The molecule has 1 aliphatic heterocycles. The molecule has 11 heteroatoms. The van der Waals surface area contributed by atoms with Crippen LogP contribution >= 0.6 is 0 Å². The first-order valence-corrected chi connectivity index (χ1v) is 16.9. The number of anilines is 1. The maximum Gasteiger partial charge on any atom is 0.411 e. The summed E-state index contributed by atoms with van der Waals surface area (Å²) in [5.74, 6) is 2.28. The summed E-state index contributed by atoms with van der Waals surface area (Å²) >= 11 is 0. The molecule has 0 fully saturated rings. The maximum atomic E-state index is 12.5. The number of amides is 1. The van der Waals surface area contributed by atoms with Gasteiger partial charge in [-0.2, -0.15) is 15.2 Å². The van der Waals surface area contributed by atoms with Crippen LogP contribution in [0.25, 0.3) is 11.3 Å². The number of carbonyl (C=O) groups is 1. The molecule has 53 heavy (non-hydrogen) atoms. The van der Waals surface area contributed by atoms with Gasteiger partial charge in [-0.3, -0.25) is 10.3 Å². The highest BCUT2D eigenvalue weighted by molar-refractivity contribution is 5.99. The summed E-state index contributed by atoms with van der Waals surface area (Å²) in [7, 11) is 2.00. The van der Waals surface area contributed by atoms with Crippen LogP contribution in [0.15, 0.2) is 138 Å². The smallest absolute Gasteiger partial charge is 0.411 e. The van der Waals surface area contributed by atoms with E-state index in [1.54, 1.807) is 36.4 Å². The molecule has 0 unspecified atom stereocenters. The fourth-order valence-corrected chi connectivity index (χ4v) is 5.52. The number of aliphatic imine (C=N–C) groups is 1. The minimum absolute atomic E-state index is 0.0336. The molecule has 1 amide bonds. The standard InChI is InChI=1S/C42H34N6O5/c1-48-22-21-44-40(48)33-13-8-14-35(24-33)52-41-46-36(32-16-18-34(19-17-32)45-42(49)51-28-30-11-6-3-7-12-30)25-39(47-41)53-38-23-31(26-43)15-20-37(38)50-27-29-9-4-2-5-10-29/h2-20,23-25H,21-22,27-28H2,1H3,(H,45,49). The van der Waals surface area contributed by atoms with Gasteiger partial charge in [-0.1, -0.05) is 84.9 Å². The number of nitriles is 1. The predicted molar refractivity (Wildman–Crippen MR) is 200 cm³/mol. The first kappa shape index (κ1) is 34.3. The molecule has 5 aromatic carbocycles. The van der Waals surface area contributed by atoms with Gasteiger partial charge in [0.1, 0.15) is 24.8 Å². The Kier molecular flexibility index (Phi) is 10.5. The fraction of sp³-hybridized carbons (Fsp3) is 0.119. The number of rotatable bonds is 12. The SMILES string of the molecule is CN1CCN=C1c1cccc(Oc2nc(Oc3cc(C#N)ccc3OCc3ccccc3)cc(-c3ccc(NC(=O)OCc4ccccc4)cc3)n2)c1. The van der Waals surface area contributed by atoms with Gasteiger partial charge in [0, 0.05) is 42.5 Å². The zero-order chi connectivity index (χ0) is 36.4. The Balaban J connectivity index is 1.16. The number of carbonyl (C=O) groups excluding carboxylic acids is 1. The minimum atomic E-state index is -0.572. The monoisotopic (exact) mass is 702 g/mol. The minimum Gasteiger partial charge on any atom is -0.485 e. The van der Waals surface area contributed by atoms with Crippen LogP contribution in [0.5, 0.6) is 29.1 Å². The molecule has 2 heterocycles. The van der Waals surface area contributed by atoms with Gasteiger partial charge in [0.05, 0.1) is 23.9 Å². The summed E-state index contributed by atoms with van der Waals surface area (Å²) in [4.78, 5) is 28.5. The molecule has 0 atom stereocenters. The van der Waals surface area contributed by atoms with E-state index in [1.165, 1.54) is 0 Å². The quantitative estimate of drug-likeness (QED) is 0.133. The highest BCUT2D eigenvalue weighted by Crippen LogP contribution is 2.35. The van der Waals surface area contributed by atoms with Crippen molar-refractivity contribution in [1.29, 1.82) is 5.26 Å². The van der Waals surface area contributed by atoms with Crippen molar-refractivity contribution >= 4 is 17.6 Å². The Morgan fingerprint density at radius 2 is 1.53 bits per heavy atom. The molecule has 0 radical (unpaired) electrons. The van der Waals surface area contributed by atoms with Gasteiger partial charge in [-0.25, -0.2) is 4.79 Å². The molecule has 262 valence electrons. The van der Waals surface area contributed by atoms with Crippen molar-refractivity contribution in [2.24, 2.45) is 4.99 Å². The van der Waals surface area contributed by atoms with Crippen LogP contribution in [-0.2, 0) is 18.0 Å². The maximum absolute atomic E-state index is 12.5. The normalized spacial score (nSPS) is 12.0. The molecule has 1 aromatic heterocycles. The lowest BCUT2D eigenvalue weighted by atomic mass is 10.1. The average Bonchev–Trinajstić information content (AvgIpc) is 3.63. The largest absolute Gasteiger partial charge is 0.485 e. The second-order valence-electron chi connectivity index (χ2n) is 12.0. The Hall–Kier alpha value is -7.19. The first-order valence-electron chi connectivity index (χ1n) is 16.9. The van der Waals surface area contributed by atoms with Gasteiger partial charge in [0.25, 0.3) is 0 Å². The Morgan fingerprint density at radius 1 is 0.774 bits per heavy atom. The van der Waals surface area contributed by atoms with E-state index in [9.17, 15) is 10.1 Å². The van der Waals surface area contributed by atoms with Crippen LogP contribution in [0, 0.1) is 11.3 Å². The molecule has 11 nitrogen and oxygen atoms in total. The summed E-state index contributed by atoms with van der Waals surface area (Å²) in [5, 5.41) is 12.4. The van der Waals surface area contributed by atoms with Gasteiger partial charge in [0.15, 0.2) is 11.5 Å². The van der Waals surface area contributed by atoms with E-state index in [1.807, 2.05) is 104 Å². The van der Waals surface area contributed by atoms with Crippen LogP contribution in [0.1, 0.15) is 22.3 Å². The lowest BCUT2D eigenvalue weighted by molar-refractivity contribution is 0.155. The molecule has 1 aliphatic rings. The lowest BCUT2D eigenvalue weighted by Crippen LogP contribution is -2.23. The van der Waals surface area contributed by atoms with Crippen molar-refractivity contribution in [3.05, 3.63) is 156 Å². The number of hydrogen-bond donors (Lipinski definition) is 1. The van der Waals surface area contributed by atoms with E-state index in [2.05, 4.69) is 26.3 Å². The number of ether oxygens (including phenoxy) is 4. The summed E-state index contributed by atoms with van der Waals surface area (Å²) in [5.41, 5.74) is 4.89. The van der Waals surface area contributed by atoms with E-state index in [4.69, 9.17) is 23.9 Å². The molecular weight excluding hydrogens is 668 g/mol. The number of nitrogens with one attached hydrogen (secondary N) is 1. The Morgan fingerprint density at radius 3 is 2.25 bits per heavy atom. The van der Waals surface area contributed by atoms with E-state index in [-0.39, 0.29) is 18.5 Å². The molecule has 0 saturated carbocycles. The number of hydrogen-bond acceptors (Lipinski definition) is 10. The molecule has 0 bridgehead atoms. The third kappa shape index (κ3) is 8.95. The van der Waals surface area contributed by atoms with Gasteiger partial charge in [-0.15, -0.1) is 0 Å². The average molecular weight is 703 g/mol. The van der Waals surface area contributed by atoms with Crippen molar-refractivity contribution in [2.75, 3.05) is 25.5 Å². The molecule has 7 rings (SSSR count). The van der Waals surface area contributed by atoms with E-state index in [0.717, 1.165) is 35.6 Å². The highest BCUT2D eigenvalue weighted by Gasteiger charge is 2.18. The third-order valence-electron chi connectivity index (χ3n) is 8.21. The summed E-state index contributed by atoms with van der Waals surface area (Å²) in [6, 6.07) is 42.7. The van der Waals surface area contributed by atoms with E-state index in [0.29, 0.717) is 46.4 Å². The van der Waals surface area contributed by atoms with E-state index >= 15 is 0 Å². The fourth-order valence-electron chi connectivity index (χ4n) is 5.52. The predicted octanol–water partition coefficient (Wildman–Crippen LogP) is 8.62. The summed E-state index contributed by atoms with van der Waals surface area (Å²) in [6.45, 7) is 2.03. The van der Waals surface area contributed by atoms with Crippen LogP contribution in [0.3, 0.4) is 0 Å². The zero-order valence-corrected chi connectivity index (χ0v) is 28.8. The molecular formula is C42H34N6O5. The number of aromatic nitrogens is 2. The lowest BCUT2D eigenvalue weighted by Gasteiger charge is -2.15. The number of benzene rings is 5. The highest BCUT2D eigenvalue weighted by atomic mass is 16.5. The molecule has 0 aliphatic carbocycles. The van der Waals surface area contributed by atoms with Gasteiger partial charge in [0.2, 0.25) is 5.88 Å². The summed E-state index contributed by atoms with van der Waals surface area (Å²) in [6.07, 6.45) is -0.572. The van der Waals surface area contributed by atoms with Crippen LogP contribution < -0.4 is 19.5 Å². The molecule has 0 spiro atoms. The Bertz CT molecular complexity index is 2270. The third-order valence-corrected chi connectivity index (χ3v) is 8.21. The van der Waals surface area contributed by atoms with Crippen molar-refractivity contribution in [3.63, 3.8) is 0 Å². The molecule has 1 N–H and O–H groups in total. The van der Waals surface area contributed by atoms with Crippen LogP contribution in [-0.4, -0.2) is 46.9 Å². The van der Waals surface area contributed by atoms with Crippen molar-refractivity contribution < 1.29 is 23.7 Å². The van der Waals surface area contributed by atoms with Gasteiger partial charge < -0.3 is 23.8 Å². The van der Waals surface area contributed by atoms with Crippen molar-refractivity contribution in [1.82, 2.24) is 14.9 Å². The van der Waals surface area contributed by atoms with Gasteiger partial charge in [-0.05, 0) is 47.5 Å².